The minimum absolute atomic E-state index is 0.0298. The van der Waals surface area contributed by atoms with E-state index in [4.69, 9.17) is 0 Å². The Morgan fingerprint density at radius 2 is 2.21 bits per heavy atom. The number of likely N-dealkylation sites (tertiary alicyclic amines) is 1. The highest BCUT2D eigenvalue weighted by molar-refractivity contribution is 7.14. The molecule has 0 bridgehead atoms. The van der Waals surface area contributed by atoms with Gasteiger partial charge in [0, 0.05) is 18.0 Å². The fourth-order valence-electron chi connectivity index (χ4n) is 2.44. The quantitative estimate of drug-likeness (QED) is 0.926. The molecular formula is C14H19NO3S. The first-order valence-corrected chi connectivity index (χ1v) is 7.31. The predicted molar refractivity (Wildman–Crippen MR) is 74.7 cm³/mol. The van der Waals surface area contributed by atoms with E-state index in [0.717, 1.165) is 16.9 Å². The summed E-state index contributed by atoms with van der Waals surface area (Å²) < 4.78 is 0. The monoisotopic (exact) mass is 281 g/mol. The van der Waals surface area contributed by atoms with Gasteiger partial charge in [0.1, 0.15) is 0 Å². The average molecular weight is 281 g/mol. The van der Waals surface area contributed by atoms with Crippen LogP contribution in [0.1, 0.15) is 40.4 Å². The van der Waals surface area contributed by atoms with E-state index in [1.165, 1.54) is 16.2 Å². The van der Waals surface area contributed by atoms with Crippen molar-refractivity contribution in [2.45, 2.75) is 33.6 Å². The maximum atomic E-state index is 12.4. The number of rotatable bonds is 3. The first-order chi connectivity index (χ1) is 8.87. The van der Waals surface area contributed by atoms with Crippen LogP contribution in [-0.2, 0) is 11.2 Å². The van der Waals surface area contributed by atoms with Crippen LogP contribution in [-0.4, -0.2) is 35.0 Å². The molecular weight excluding hydrogens is 262 g/mol. The van der Waals surface area contributed by atoms with Crippen LogP contribution in [0.3, 0.4) is 0 Å². The summed E-state index contributed by atoms with van der Waals surface area (Å²) in [5, 5.41) is 9.19. The van der Waals surface area contributed by atoms with Crippen molar-refractivity contribution in [1.29, 1.82) is 0 Å². The number of nitrogens with zero attached hydrogens (tertiary/aromatic N) is 1. The summed E-state index contributed by atoms with van der Waals surface area (Å²) in [6.07, 6.45) is 1.45. The standard InChI is InChI=1S/C14H19NO3S/c1-4-10-9(2)7-11(19-10)12(16)15-6-5-14(3,8-15)13(17)18/h7H,4-6,8H2,1-3H3,(H,17,18)/t14-/m1/s1. The van der Waals surface area contributed by atoms with E-state index < -0.39 is 11.4 Å². The summed E-state index contributed by atoms with van der Waals surface area (Å²) in [4.78, 5) is 27.2. The van der Waals surface area contributed by atoms with E-state index in [2.05, 4.69) is 6.92 Å². The van der Waals surface area contributed by atoms with Gasteiger partial charge in [-0.15, -0.1) is 11.3 Å². The summed E-state index contributed by atoms with van der Waals surface area (Å²) in [6, 6.07) is 1.92. The van der Waals surface area contributed by atoms with Gasteiger partial charge in [0.25, 0.3) is 5.91 Å². The van der Waals surface area contributed by atoms with Gasteiger partial charge in [0.2, 0.25) is 0 Å². The Hall–Kier alpha value is -1.36. The third-order valence-electron chi connectivity index (χ3n) is 3.83. The Balaban J connectivity index is 2.15. The second-order valence-corrected chi connectivity index (χ2v) is 6.55. The van der Waals surface area contributed by atoms with Crippen LogP contribution in [0.15, 0.2) is 6.07 Å². The minimum atomic E-state index is -0.820. The summed E-state index contributed by atoms with van der Waals surface area (Å²) >= 11 is 1.52. The van der Waals surface area contributed by atoms with Crippen LogP contribution in [0.4, 0.5) is 0 Å². The number of hydrogen-bond donors (Lipinski definition) is 1. The van der Waals surface area contributed by atoms with Crippen LogP contribution in [0.5, 0.6) is 0 Å². The normalized spacial score (nSPS) is 22.8. The third-order valence-corrected chi connectivity index (χ3v) is 5.20. The summed E-state index contributed by atoms with van der Waals surface area (Å²) in [5.74, 6) is -0.850. The fourth-order valence-corrected chi connectivity index (χ4v) is 3.52. The van der Waals surface area contributed by atoms with Crippen LogP contribution in [0.2, 0.25) is 0 Å². The number of aliphatic carboxylic acids is 1. The van der Waals surface area contributed by atoms with Crippen LogP contribution in [0.25, 0.3) is 0 Å². The molecule has 1 aromatic rings. The molecule has 0 aliphatic carbocycles. The van der Waals surface area contributed by atoms with Gasteiger partial charge in [0.15, 0.2) is 0 Å². The molecule has 1 saturated heterocycles. The fraction of sp³-hybridized carbons (Fsp3) is 0.571. The van der Waals surface area contributed by atoms with Crippen molar-refractivity contribution in [1.82, 2.24) is 4.90 Å². The summed E-state index contributed by atoms with van der Waals surface area (Å²) in [6.45, 7) is 6.63. The Bertz CT molecular complexity index is 523. The lowest BCUT2D eigenvalue weighted by Gasteiger charge is -2.19. The molecule has 2 rings (SSSR count). The van der Waals surface area contributed by atoms with Gasteiger partial charge >= 0.3 is 5.97 Å². The molecule has 1 amide bonds. The lowest BCUT2D eigenvalue weighted by atomic mass is 9.90. The zero-order chi connectivity index (χ0) is 14.2. The van der Waals surface area contributed by atoms with Crippen molar-refractivity contribution in [3.63, 3.8) is 0 Å². The molecule has 19 heavy (non-hydrogen) atoms. The van der Waals surface area contributed by atoms with E-state index in [1.807, 2.05) is 13.0 Å². The second-order valence-electron chi connectivity index (χ2n) is 5.41. The molecule has 2 heterocycles. The molecule has 1 aliphatic heterocycles. The molecule has 1 fully saturated rings. The molecule has 0 aromatic carbocycles. The number of hydrogen-bond acceptors (Lipinski definition) is 3. The Labute approximate surface area is 117 Å². The number of aryl methyl sites for hydroxylation is 2. The maximum absolute atomic E-state index is 12.4. The first kappa shape index (κ1) is 14.1. The van der Waals surface area contributed by atoms with Gasteiger partial charge < -0.3 is 10.0 Å². The molecule has 1 N–H and O–H groups in total. The molecule has 0 saturated carbocycles. The second kappa shape index (κ2) is 4.96. The third kappa shape index (κ3) is 2.52. The number of carbonyl (C=O) groups is 2. The molecule has 5 heteroatoms. The van der Waals surface area contributed by atoms with Crippen LogP contribution in [0, 0.1) is 12.3 Å². The Kier molecular flexibility index (Phi) is 3.67. The highest BCUT2D eigenvalue weighted by Gasteiger charge is 2.42. The Morgan fingerprint density at radius 3 is 2.68 bits per heavy atom. The molecule has 1 aliphatic rings. The largest absolute Gasteiger partial charge is 0.481 e. The zero-order valence-electron chi connectivity index (χ0n) is 11.5. The molecule has 1 aromatic heterocycles. The van der Waals surface area contributed by atoms with E-state index in [-0.39, 0.29) is 5.91 Å². The molecule has 0 spiro atoms. The average Bonchev–Trinajstić information content (AvgIpc) is 2.93. The lowest BCUT2D eigenvalue weighted by Crippen LogP contribution is -2.34. The zero-order valence-corrected chi connectivity index (χ0v) is 12.3. The number of carbonyl (C=O) groups excluding carboxylic acids is 1. The van der Waals surface area contributed by atoms with Crippen LogP contribution >= 0.6 is 11.3 Å². The van der Waals surface area contributed by atoms with Crippen molar-refractivity contribution in [2.75, 3.05) is 13.1 Å². The van der Waals surface area contributed by atoms with Gasteiger partial charge in [-0.05, 0) is 38.3 Å². The van der Waals surface area contributed by atoms with Crippen molar-refractivity contribution in [3.05, 3.63) is 21.4 Å². The summed E-state index contributed by atoms with van der Waals surface area (Å²) in [5.41, 5.74) is 0.353. The van der Waals surface area contributed by atoms with Crippen molar-refractivity contribution in [2.24, 2.45) is 5.41 Å². The number of carboxylic acid groups (broad SMARTS) is 1. The number of thiophene rings is 1. The molecule has 4 nitrogen and oxygen atoms in total. The SMILES string of the molecule is CCc1sc(C(=O)N2CC[C@@](C)(C(=O)O)C2)cc1C. The van der Waals surface area contributed by atoms with E-state index in [9.17, 15) is 14.7 Å². The van der Waals surface area contributed by atoms with E-state index in [1.54, 1.807) is 11.8 Å². The first-order valence-electron chi connectivity index (χ1n) is 6.49. The van der Waals surface area contributed by atoms with E-state index in [0.29, 0.717) is 19.5 Å². The number of carboxylic acids is 1. The van der Waals surface area contributed by atoms with Crippen molar-refractivity contribution < 1.29 is 14.7 Å². The van der Waals surface area contributed by atoms with Crippen molar-refractivity contribution >= 4 is 23.2 Å². The molecule has 104 valence electrons. The highest BCUT2D eigenvalue weighted by Crippen LogP contribution is 2.32. The van der Waals surface area contributed by atoms with E-state index >= 15 is 0 Å². The Morgan fingerprint density at radius 1 is 1.53 bits per heavy atom. The van der Waals surface area contributed by atoms with Crippen LogP contribution < -0.4 is 0 Å². The lowest BCUT2D eigenvalue weighted by molar-refractivity contribution is -0.147. The number of amides is 1. The highest BCUT2D eigenvalue weighted by atomic mass is 32.1. The minimum Gasteiger partial charge on any atom is -0.481 e. The van der Waals surface area contributed by atoms with Gasteiger partial charge in [-0.2, -0.15) is 0 Å². The molecule has 1 atom stereocenters. The van der Waals surface area contributed by atoms with Gasteiger partial charge in [-0.1, -0.05) is 6.92 Å². The molecule has 0 radical (unpaired) electrons. The van der Waals surface area contributed by atoms with Gasteiger partial charge in [-0.3, -0.25) is 9.59 Å². The van der Waals surface area contributed by atoms with Gasteiger partial charge in [-0.25, -0.2) is 0 Å². The predicted octanol–water partition coefficient (Wildman–Crippen LogP) is 2.56. The van der Waals surface area contributed by atoms with Gasteiger partial charge in [0.05, 0.1) is 10.3 Å². The summed E-state index contributed by atoms with van der Waals surface area (Å²) in [7, 11) is 0. The van der Waals surface area contributed by atoms with Crippen molar-refractivity contribution in [3.8, 4) is 0 Å². The maximum Gasteiger partial charge on any atom is 0.311 e. The topological polar surface area (TPSA) is 57.6 Å². The smallest absolute Gasteiger partial charge is 0.311 e. The molecule has 0 unspecified atom stereocenters.